The number of amides is 1. The van der Waals surface area contributed by atoms with E-state index in [0.717, 1.165) is 0 Å². The van der Waals surface area contributed by atoms with Crippen LogP contribution in [0.25, 0.3) is 0 Å². The van der Waals surface area contributed by atoms with Gasteiger partial charge in [-0.1, -0.05) is 0 Å². The number of ether oxygens (including phenoxy) is 1. The van der Waals surface area contributed by atoms with Gasteiger partial charge in [-0.25, -0.2) is 4.39 Å². The molecule has 1 fully saturated rings. The van der Waals surface area contributed by atoms with Crippen molar-refractivity contribution in [2.75, 3.05) is 13.1 Å². The summed E-state index contributed by atoms with van der Waals surface area (Å²) in [5.41, 5.74) is 5.06. The lowest BCUT2D eigenvalue weighted by atomic mass is 10.1. The van der Waals surface area contributed by atoms with Gasteiger partial charge >= 0.3 is 0 Å². The lowest BCUT2D eigenvalue weighted by Crippen LogP contribution is -2.41. The second kappa shape index (κ2) is 6.31. The van der Waals surface area contributed by atoms with Gasteiger partial charge in [0.15, 0.2) is 0 Å². The number of rotatable bonds is 5. The Labute approximate surface area is 113 Å². The molecule has 0 saturated carbocycles. The van der Waals surface area contributed by atoms with Crippen molar-refractivity contribution in [2.24, 2.45) is 5.73 Å². The number of hydrogen-bond acceptors (Lipinski definition) is 4. The zero-order valence-electron chi connectivity index (χ0n) is 11.7. The van der Waals surface area contributed by atoms with Crippen LogP contribution in [0.15, 0.2) is 0 Å². The Bertz CT molecular complexity index is 367. The number of carbonyl (C=O) groups excluding carboxylic acids is 1. The average molecular weight is 271 g/mol. The van der Waals surface area contributed by atoms with Crippen LogP contribution in [0.4, 0.5) is 4.39 Å². The Morgan fingerprint density at radius 2 is 2.32 bits per heavy atom. The van der Waals surface area contributed by atoms with Crippen LogP contribution in [0.3, 0.4) is 0 Å². The summed E-state index contributed by atoms with van der Waals surface area (Å²) >= 11 is 0. The molecule has 6 heteroatoms. The summed E-state index contributed by atoms with van der Waals surface area (Å²) in [6.45, 7) is 5.82. The second-order valence-corrected chi connectivity index (χ2v) is 5.62. The van der Waals surface area contributed by atoms with Crippen molar-refractivity contribution in [1.82, 2.24) is 4.90 Å². The van der Waals surface area contributed by atoms with Crippen LogP contribution in [-0.4, -0.2) is 47.8 Å². The molecule has 0 aromatic heterocycles. The molecule has 0 aromatic carbocycles. The maximum absolute atomic E-state index is 13.2. The standard InChI is InChI=1S/C13H22FN3O2/c1-9(19-13(2,3)8-16)4-12(18)17-7-10(14)5-11(17)6-15/h9-11H,4-5,7-8,16H2,1-3H3/t9-,10-,11-/m0/s1. The zero-order valence-corrected chi connectivity index (χ0v) is 11.7. The summed E-state index contributed by atoms with van der Waals surface area (Å²) < 4.78 is 18.9. The minimum Gasteiger partial charge on any atom is -0.371 e. The normalized spacial score (nSPS) is 25.2. The first kappa shape index (κ1) is 15.9. The number of hydrogen-bond donors (Lipinski definition) is 1. The molecule has 1 saturated heterocycles. The van der Waals surface area contributed by atoms with E-state index >= 15 is 0 Å². The van der Waals surface area contributed by atoms with Crippen molar-refractivity contribution >= 4 is 5.91 Å². The van der Waals surface area contributed by atoms with E-state index < -0.39 is 17.8 Å². The molecule has 0 aliphatic carbocycles. The summed E-state index contributed by atoms with van der Waals surface area (Å²) in [7, 11) is 0. The van der Waals surface area contributed by atoms with Crippen molar-refractivity contribution in [3.8, 4) is 6.07 Å². The molecule has 1 amide bonds. The monoisotopic (exact) mass is 271 g/mol. The highest BCUT2D eigenvalue weighted by Crippen LogP contribution is 2.22. The number of likely N-dealkylation sites (tertiary alicyclic amines) is 1. The molecule has 1 heterocycles. The fourth-order valence-corrected chi connectivity index (χ4v) is 2.18. The van der Waals surface area contributed by atoms with E-state index in [4.69, 9.17) is 15.7 Å². The zero-order chi connectivity index (χ0) is 14.6. The number of nitrogens with zero attached hydrogens (tertiary/aromatic N) is 2. The van der Waals surface area contributed by atoms with Gasteiger partial charge in [0.2, 0.25) is 5.91 Å². The lowest BCUT2D eigenvalue weighted by Gasteiger charge is -2.29. The Morgan fingerprint density at radius 1 is 1.68 bits per heavy atom. The summed E-state index contributed by atoms with van der Waals surface area (Å²) in [6, 6.07) is 1.31. The van der Waals surface area contributed by atoms with E-state index in [1.54, 1.807) is 6.92 Å². The molecular weight excluding hydrogens is 249 g/mol. The number of nitriles is 1. The van der Waals surface area contributed by atoms with E-state index in [1.807, 2.05) is 19.9 Å². The van der Waals surface area contributed by atoms with Crippen molar-refractivity contribution in [2.45, 2.75) is 57.5 Å². The Balaban J connectivity index is 2.53. The highest BCUT2D eigenvalue weighted by Gasteiger charge is 2.36. The van der Waals surface area contributed by atoms with E-state index in [2.05, 4.69) is 0 Å². The number of alkyl halides is 1. The minimum absolute atomic E-state index is 0.00403. The van der Waals surface area contributed by atoms with Crippen LogP contribution < -0.4 is 5.73 Å². The Hall–Kier alpha value is -1.19. The van der Waals surface area contributed by atoms with E-state index in [-0.39, 0.29) is 31.4 Å². The van der Waals surface area contributed by atoms with Gasteiger partial charge in [-0.15, -0.1) is 0 Å². The molecule has 1 aliphatic heterocycles. The fourth-order valence-electron chi connectivity index (χ4n) is 2.18. The average Bonchev–Trinajstić information content (AvgIpc) is 2.69. The SMILES string of the molecule is C[C@@H](CC(=O)N1C[C@@H](F)C[C@H]1C#N)OC(C)(C)CN. The largest absolute Gasteiger partial charge is 0.371 e. The van der Waals surface area contributed by atoms with Crippen molar-refractivity contribution in [3.05, 3.63) is 0 Å². The highest BCUT2D eigenvalue weighted by molar-refractivity contribution is 5.77. The van der Waals surface area contributed by atoms with Gasteiger partial charge in [0, 0.05) is 13.0 Å². The van der Waals surface area contributed by atoms with Crippen molar-refractivity contribution in [3.63, 3.8) is 0 Å². The van der Waals surface area contributed by atoms with Crippen LogP contribution in [0, 0.1) is 11.3 Å². The Kier molecular flexibility index (Phi) is 5.27. The van der Waals surface area contributed by atoms with Gasteiger partial charge in [-0.2, -0.15) is 5.26 Å². The Morgan fingerprint density at radius 3 is 2.84 bits per heavy atom. The van der Waals surface area contributed by atoms with Gasteiger partial charge in [-0.05, 0) is 20.8 Å². The maximum atomic E-state index is 13.2. The van der Waals surface area contributed by atoms with Gasteiger partial charge < -0.3 is 15.4 Å². The van der Waals surface area contributed by atoms with Gasteiger partial charge in [0.1, 0.15) is 12.2 Å². The quantitative estimate of drug-likeness (QED) is 0.808. The van der Waals surface area contributed by atoms with Crippen LogP contribution in [-0.2, 0) is 9.53 Å². The number of carbonyl (C=O) groups is 1. The highest BCUT2D eigenvalue weighted by atomic mass is 19.1. The first-order valence-corrected chi connectivity index (χ1v) is 6.50. The summed E-state index contributed by atoms with van der Waals surface area (Å²) in [4.78, 5) is 13.3. The molecule has 5 nitrogen and oxygen atoms in total. The minimum atomic E-state index is -1.11. The second-order valence-electron chi connectivity index (χ2n) is 5.62. The molecule has 19 heavy (non-hydrogen) atoms. The number of halogens is 1. The van der Waals surface area contributed by atoms with Crippen LogP contribution in [0.2, 0.25) is 0 Å². The summed E-state index contributed by atoms with van der Waals surface area (Å²) in [5.74, 6) is -0.243. The number of nitrogens with two attached hydrogens (primary N) is 1. The molecule has 0 spiro atoms. The topological polar surface area (TPSA) is 79.3 Å². The predicted octanol–water partition coefficient (Wildman–Crippen LogP) is 0.981. The van der Waals surface area contributed by atoms with Crippen LogP contribution in [0.1, 0.15) is 33.6 Å². The van der Waals surface area contributed by atoms with Crippen molar-refractivity contribution < 1.29 is 13.9 Å². The van der Waals surface area contributed by atoms with Gasteiger partial charge in [0.05, 0.1) is 30.7 Å². The molecule has 3 atom stereocenters. The molecule has 0 radical (unpaired) electrons. The van der Waals surface area contributed by atoms with E-state index in [9.17, 15) is 9.18 Å². The third-order valence-corrected chi connectivity index (χ3v) is 3.19. The molecule has 2 N–H and O–H groups in total. The fraction of sp³-hybridized carbons (Fsp3) is 0.846. The lowest BCUT2D eigenvalue weighted by molar-refractivity contribution is -0.137. The molecular formula is C13H22FN3O2. The molecule has 1 rings (SSSR count). The van der Waals surface area contributed by atoms with Gasteiger partial charge in [0.25, 0.3) is 0 Å². The molecule has 108 valence electrons. The predicted molar refractivity (Wildman–Crippen MR) is 68.9 cm³/mol. The smallest absolute Gasteiger partial charge is 0.226 e. The van der Waals surface area contributed by atoms with Crippen molar-refractivity contribution in [1.29, 1.82) is 5.26 Å². The summed E-state index contributed by atoms with van der Waals surface area (Å²) in [6.07, 6.45) is -1.19. The first-order valence-electron chi connectivity index (χ1n) is 6.50. The maximum Gasteiger partial charge on any atom is 0.226 e. The molecule has 0 unspecified atom stereocenters. The molecule has 1 aliphatic rings. The van der Waals surface area contributed by atoms with Crippen LogP contribution >= 0.6 is 0 Å². The first-order chi connectivity index (χ1) is 8.79. The van der Waals surface area contributed by atoms with Gasteiger partial charge in [-0.3, -0.25) is 4.79 Å². The molecule has 0 aromatic rings. The van der Waals surface area contributed by atoms with E-state index in [0.29, 0.717) is 6.54 Å². The summed E-state index contributed by atoms with van der Waals surface area (Å²) in [5, 5.41) is 8.90. The van der Waals surface area contributed by atoms with E-state index in [1.165, 1.54) is 4.90 Å². The molecule has 0 bridgehead atoms. The van der Waals surface area contributed by atoms with Crippen LogP contribution in [0.5, 0.6) is 0 Å². The third kappa shape index (κ3) is 4.44. The third-order valence-electron chi connectivity index (χ3n) is 3.19.